The smallest absolute Gasteiger partial charge is 0.230 e. The highest BCUT2D eigenvalue weighted by molar-refractivity contribution is 5.59. The van der Waals surface area contributed by atoms with E-state index in [2.05, 4.69) is 25.8 Å². The van der Waals surface area contributed by atoms with Crippen LogP contribution in [0.25, 0.3) is 0 Å². The summed E-state index contributed by atoms with van der Waals surface area (Å²) in [7, 11) is 0. The Morgan fingerprint density at radius 2 is 1.75 bits per heavy atom. The van der Waals surface area contributed by atoms with E-state index < -0.39 is 0 Å². The maximum Gasteiger partial charge on any atom is 0.230 e. The Kier molecular flexibility index (Phi) is 5.15. The topological polar surface area (TPSA) is 85.1 Å². The lowest BCUT2D eigenvalue weighted by Crippen LogP contribution is -2.00. The minimum absolute atomic E-state index is 0.432. The number of rotatable bonds is 7. The number of nitrogens with zero attached hydrogens (tertiary/aromatic N) is 3. The van der Waals surface area contributed by atoms with Gasteiger partial charge in [0.25, 0.3) is 0 Å². The molecule has 0 saturated heterocycles. The van der Waals surface area contributed by atoms with Crippen molar-refractivity contribution in [1.82, 2.24) is 15.1 Å². The molecule has 0 bridgehead atoms. The van der Waals surface area contributed by atoms with Gasteiger partial charge >= 0.3 is 0 Å². The maximum atomic E-state index is 5.81. The molecule has 0 aliphatic heterocycles. The number of nitrogens with one attached hydrogen (secondary N) is 2. The fraction of sp³-hybridized carbons (Fsp3) is 0.0952. The number of hydrogen-bond acceptors (Lipinski definition) is 7. The second-order valence-corrected chi connectivity index (χ2v) is 6.14. The van der Waals surface area contributed by atoms with Crippen molar-refractivity contribution in [3.8, 4) is 5.75 Å². The lowest BCUT2D eigenvalue weighted by molar-refractivity contribution is 0.306. The van der Waals surface area contributed by atoms with Crippen molar-refractivity contribution in [1.29, 1.82) is 0 Å². The molecule has 0 spiro atoms. The molecule has 0 amide bonds. The average molecular weight is 373 g/mol. The van der Waals surface area contributed by atoms with Crippen LogP contribution in [0.4, 0.5) is 23.3 Å². The van der Waals surface area contributed by atoms with E-state index in [0.717, 1.165) is 17.0 Å². The first-order valence-corrected chi connectivity index (χ1v) is 8.82. The SMILES string of the molecule is Cc1cc(Nc2nccc(Nc3ccc(OCc4ccccc4)cc3)n2)no1. The molecule has 4 aromatic rings. The van der Waals surface area contributed by atoms with Crippen LogP contribution in [-0.4, -0.2) is 15.1 Å². The third kappa shape index (κ3) is 4.64. The summed E-state index contributed by atoms with van der Waals surface area (Å²) < 4.78 is 10.8. The Labute approximate surface area is 162 Å². The molecule has 0 saturated carbocycles. The van der Waals surface area contributed by atoms with Gasteiger partial charge in [0.2, 0.25) is 5.95 Å². The van der Waals surface area contributed by atoms with Crippen LogP contribution in [0.5, 0.6) is 5.75 Å². The van der Waals surface area contributed by atoms with Gasteiger partial charge in [-0.05, 0) is 42.8 Å². The van der Waals surface area contributed by atoms with Gasteiger partial charge < -0.3 is 19.9 Å². The average Bonchev–Trinajstić information content (AvgIpc) is 3.13. The van der Waals surface area contributed by atoms with Crippen molar-refractivity contribution >= 4 is 23.3 Å². The number of anilines is 4. The minimum atomic E-state index is 0.432. The summed E-state index contributed by atoms with van der Waals surface area (Å²) in [6.07, 6.45) is 1.67. The molecule has 2 N–H and O–H groups in total. The fourth-order valence-corrected chi connectivity index (χ4v) is 2.55. The van der Waals surface area contributed by atoms with Gasteiger partial charge in [0, 0.05) is 18.0 Å². The van der Waals surface area contributed by atoms with Gasteiger partial charge in [-0.3, -0.25) is 0 Å². The first-order valence-electron chi connectivity index (χ1n) is 8.82. The van der Waals surface area contributed by atoms with Gasteiger partial charge in [0.15, 0.2) is 5.82 Å². The van der Waals surface area contributed by atoms with Crippen molar-refractivity contribution in [3.05, 3.63) is 84.3 Å². The number of benzene rings is 2. The van der Waals surface area contributed by atoms with Crippen LogP contribution >= 0.6 is 0 Å². The Morgan fingerprint density at radius 3 is 2.50 bits per heavy atom. The summed E-state index contributed by atoms with van der Waals surface area (Å²) in [6, 6.07) is 21.4. The van der Waals surface area contributed by atoms with Gasteiger partial charge in [0.05, 0.1) is 0 Å². The molecule has 0 fully saturated rings. The standard InChI is InChI=1S/C21H19N5O2/c1-15-13-20(26-28-15)25-21-22-12-11-19(24-21)23-17-7-9-18(10-8-17)27-14-16-5-3-2-4-6-16/h2-13H,14H2,1H3,(H2,22,23,24,25,26). The molecule has 7 nitrogen and oxygen atoms in total. The monoisotopic (exact) mass is 373 g/mol. The maximum absolute atomic E-state index is 5.81. The van der Waals surface area contributed by atoms with E-state index in [4.69, 9.17) is 9.26 Å². The second-order valence-electron chi connectivity index (χ2n) is 6.14. The number of aromatic nitrogens is 3. The molecule has 140 valence electrons. The van der Waals surface area contributed by atoms with Gasteiger partial charge in [-0.15, -0.1) is 0 Å². The molecule has 28 heavy (non-hydrogen) atoms. The zero-order chi connectivity index (χ0) is 19.2. The van der Waals surface area contributed by atoms with Crippen LogP contribution in [0, 0.1) is 6.92 Å². The third-order valence-electron chi connectivity index (χ3n) is 3.90. The number of aryl methyl sites for hydroxylation is 1. The fourth-order valence-electron chi connectivity index (χ4n) is 2.55. The Hall–Kier alpha value is -3.87. The molecule has 0 atom stereocenters. The third-order valence-corrected chi connectivity index (χ3v) is 3.90. The van der Waals surface area contributed by atoms with Crippen LogP contribution < -0.4 is 15.4 Å². The van der Waals surface area contributed by atoms with Crippen LogP contribution in [0.1, 0.15) is 11.3 Å². The van der Waals surface area contributed by atoms with E-state index in [0.29, 0.717) is 30.0 Å². The Morgan fingerprint density at radius 1 is 0.929 bits per heavy atom. The molecule has 2 aromatic carbocycles. The summed E-state index contributed by atoms with van der Waals surface area (Å²) in [6.45, 7) is 2.36. The van der Waals surface area contributed by atoms with Crippen molar-refractivity contribution < 1.29 is 9.26 Å². The van der Waals surface area contributed by atoms with Crippen LogP contribution in [0.15, 0.2) is 77.4 Å². The van der Waals surface area contributed by atoms with Gasteiger partial charge in [-0.25, -0.2) is 4.98 Å². The largest absolute Gasteiger partial charge is 0.489 e. The number of ether oxygens (including phenoxy) is 1. The molecule has 7 heteroatoms. The van der Waals surface area contributed by atoms with E-state index >= 15 is 0 Å². The van der Waals surface area contributed by atoms with Crippen LogP contribution in [-0.2, 0) is 6.61 Å². The predicted octanol–water partition coefficient (Wildman–Crippen LogP) is 4.84. The summed E-state index contributed by atoms with van der Waals surface area (Å²) in [5.41, 5.74) is 2.03. The lowest BCUT2D eigenvalue weighted by Gasteiger charge is -2.09. The van der Waals surface area contributed by atoms with Crippen molar-refractivity contribution in [3.63, 3.8) is 0 Å². The van der Waals surface area contributed by atoms with Gasteiger partial charge in [-0.1, -0.05) is 35.5 Å². The van der Waals surface area contributed by atoms with Crippen LogP contribution in [0.2, 0.25) is 0 Å². The van der Waals surface area contributed by atoms with Gasteiger partial charge in [0.1, 0.15) is 23.9 Å². The highest BCUT2D eigenvalue weighted by atomic mass is 16.5. The molecule has 0 aliphatic carbocycles. The van der Waals surface area contributed by atoms with E-state index in [1.54, 1.807) is 18.3 Å². The van der Waals surface area contributed by atoms with E-state index in [1.165, 1.54) is 0 Å². The first-order chi connectivity index (χ1) is 13.7. The highest BCUT2D eigenvalue weighted by Crippen LogP contribution is 2.21. The zero-order valence-electron chi connectivity index (χ0n) is 15.3. The van der Waals surface area contributed by atoms with E-state index in [9.17, 15) is 0 Å². The van der Waals surface area contributed by atoms with Crippen molar-refractivity contribution in [2.24, 2.45) is 0 Å². The minimum Gasteiger partial charge on any atom is -0.489 e. The quantitative estimate of drug-likeness (QED) is 0.479. The summed E-state index contributed by atoms with van der Waals surface area (Å²) in [5, 5.41) is 10.1. The molecular weight excluding hydrogens is 354 g/mol. The molecule has 2 aromatic heterocycles. The predicted molar refractivity (Wildman–Crippen MR) is 107 cm³/mol. The van der Waals surface area contributed by atoms with Gasteiger partial charge in [-0.2, -0.15) is 4.98 Å². The molecule has 2 heterocycles. The summed E-state index contributed by atoms with van der Waals surface area (Å²) in [4.78, 5) is 8.61. The Bertz CT molecular complexity index is 1030. The second kappa shape index (κ2) is 8.22. The zero-order valence-corrected chi connectivity index (χ0v) is 15.3. The van der Waals surface area contributed by atoms with Crippen molar-refractivity contribution in [2.45, 2.75) is 13.5 Å². The van der Waals surface area contributed by atoms with Crippen LogP contribution in [0.3, 0.4) is 0 Å². The molecular formula is C21H19N5O2. The molecule has 0 radical (unpaired) electrons. The molecule has 0 aliphatic rings. The highest BCUT2D eigenvalue weighted by Gasteiger charge is 2.04. The van der Waals surface area contributed by atoms with Crippen molar-refractivity contribution in [2.75, 3.05) is 10.6 Å². The summed E-state index contributed by atoms with van der Waals surface area (Å²) in [5.74, 6) is 3.18. The van der Waals surface area contributed by atoms with E-state index in [1.807, 2.05) is 61.5 Å². The first kappa shape index (κ1) is 17.5. The Balaban J connectivity index is 1.37. The lowest BCUT2D eigenvalue weighted by atomic mass is 10.2. The summed E-state index contributed by atoms with van der Waals surface area (Å²) >= 11 is 0. The molecule has 0 unspecified atom stereocenters. The molecule has 4 rings (SSSR count). The normalized spacial score (nSPS) is 10.5. The van der Waals surface area contributed by atoms with E-state index in [-0.39, 0.29) is 0 Å². The number of hydrogen-bond donors (Lipinski definition) is 2.